The molecule has 0 radical (unpaired) electrons. The first-order valence-corrected chi connectivity index (χ1v) is 4.03. The molecule has 0 aromatic heterocycles. The van der Waals surface area contributed by atoms with Crippen molar-refractivity contribution in [2.24, 2.45) is 11.8 Å². The average molecular weight is 152 g/mol. The van der Waals surface area contributed by atoms with Gasteiger partial charge in [-0.1, -0.05) is 6.42 Å². The number of carbonyl (C=O) groups excluding carboxylic acids is 2. The maximum absolute atomic E-state index is 10.2. The molecule has 60 valence electrons. The van der Waals surface area contributed by atoms with Gasteiger partial charge >= 0.3 is 0 Å². The fourth-order valence-corrected chi connectivity index (χ4v) is 1.79. The summed E-state index contributed by atoms with van der Waals surface area (Å²) in [7, 11) is 0. The lowest BCUT2D eigenvalue weighted by Gasteiger charge is -2.09. The predicted molar refractivity (Wildman–Crippen MR) is 41.8 cm³/mol. The maximum atomic E-state index is 10.2. The number of hydrogen-bond acceptors (Lipinski definition) is 2. The minimum absolute atomic E-state index is 0.317. The second-order valence-electron chi connectivity index (χ2n) is 3.04. The Morgan fingerprint density at radius 1 is 1.45 bits per heavy atom. The molecule has 0 aliphatic heterocycles. The first-order valence-electron chi connectivity index (χ1n) is 4.03. The topological polar surface area (TPSA) is 34.1 Å². The molecule has 2 unspecified atom stereocenters. The van der Waals surface area contributed by atoms with Crippen LogP contribution >= 0.6 is 0 Å². The van der Waals surface area contributed by atoms with Crippen molar-refractivity contribution in [1.82, 2.24) is 0 Å². The third-order valence-corrected chi connectivity index (χ3v) is 2.40. The van der Waals surface area contributed by atoms with Gasteiger partial charge < -0.3 is 4.79 Å². The lowest BCUT2D eigenvalue weighted by atomic mass is 9.94. The van der Waals surface area contributed by atoms with Crippen LogP contribution in [-0.2, 0) is 9.59 Å². The van der Waals surface area contributed by atoms with Crippen LogP contribution in [0.15, 0.2) is 6.08 Å². The van der Waals surface area contributed by atoms with Gasteiger partial charge in [0, 0.05) is 12.5 Å². The second kappa shape index (κ2) is 4.09. The van der Waals surface area contributed by atoms with E-state index in [0.717, 1.165) is 25.5 Å². The molecule has 0 aromatic carbocycles. The molecule has 2 atom stereocenters. The standard InChI is InChI=1S/C9H12O2/c10-6-4-8-2-1-3-9(8)5-7-11/h4,7-9H,1-3,5H2. The van der Waals surface area contributed by atoms with E-state index in [1.165, 1.54) is 0 Å². The molecule has 1 rings (SSSR count). The molecule has 2 heteroatoms. The Bertz CT molecular complexity index is 180. The van der Waals surface area contributed by atoms with Crippen LogP contribution in [0.1, 0.15) is 25.7 Å². The molecular formula is C9H12O2. The molecule has 1 fully saturated rings. The summed E-state index contributed by atoms with van der Waals surface area (Å²) in [6.45, 7) is 0. The molecule has 1 aliphatic carbocycles. The van der Waals surface area contributed by atoms with Gasteiger partial charge in [-0.15, -0.1) is 0 Å². The quantitative estimate of drug-likeness (QED) is 0.452. The van der Waals surface area contributed by atoms with E-state index < -0.39 is 0 Å². The average Bonchev–Trinajstić information content (AvgIpc) is 2.39. The Balaban J connectivity index is 2.49. The summed E-state index contributed by atoms with van der Waals surface area (Å²) in [5.74, 6) is 2.54. The van der Waals surface area contributed by atoms with Gasteiger partial charge in [-0.2, -0.15) is 0 Å². The zero-order valence-electron chi connectivity index (χ0n) is 6.45. The van der Waals surface area contributed by atoms with Crippen LogP contribution in [0.25, 0.3) is 0 Å². The highest BCUT2D eigenvalue weighted by atomic mass is 16.1. The summed E-state index contributed by atoms with van der Waals surface area (Å²) in [5, 5.41) is 0. The first kappa shape index (κ1) is 8.22. The Morgan fingerprint density at radius 3 is 2.91 bits per heavy atom. The lowest BCUT2D eigenvalue weighted by Crippen LogP contribution is -2.05. The Hall–Kier alpha value is -0.880. The summed E-state index contributed by atoms with van der Waals surface area (Å²) in [6.07, 6.45) is 6.39. The number of aldehydes is 1. The molecule has 0 saturated heterocycles. The molecule has 0 aromatic rings. The van der Waals surface area contributed by atoms with Gasteiger partial charge in [0.15, 0.2) is 0 Å². The van der Waals surface area contributed by atoms with Crippen molar-refractivity contribution in [3.63, 3.8) is 0 Å². The fraction of sp³-hybridized carbons (Fsp3) is 0.667. The third kappa shape index (κ3) is 2.02. The van der Waals surface area contributed by atoms with Crippen LogP contribution in [0.2, 0.25) is 0 Å². The molecule has 0 N–H and O–H groups in total. The van der Waals surface area contributed by atoms with Crippen molar-refractivity contribution in [2.45, 2.75) is 25.7 Å². The van der Waals surface area contributed by atoms with Crippen molar-refractivity contribution in [3.05, 3.63) is 6.08 Å². The minimum atomic E-state index is 0.317. The van der Waals surface area contributed by atoms with Gasteiger partial charge in [-0.05, 0) is 24.7 Å². The molecular weight excluding hydrogens is 140 g/mol. The van der Waals surface area contributed by atoms with Crippen molar-refractivity contribution < 1.29 is 9.59 Å². The first-order chi connectivity index (χ1) is 5.38. The third-order valence-electron chi connectivity index (χ3n) is 2.40. The Kier molecular flexibility index (Phi) is 3.06. The van der Waals surface area contributed by atoms with Crippen LogP contribution in [0, 0.1) is 11.8 Å². The fourth-order valence-electron chi connectivity index (χ4n) is 1.79. The number of allylic oxidation sites excluding steroid dienone is 1. The molecule has 1 saturated carbocycles. The van der Waals surface area contributed by atoms with E-state index in [4.69, 9.17) is 0 Å². The normalized spacial score (nSPS) is 29.5. The molecule has 0 bridgehead atoms. The van der Waals surface area contributed by atoms with Gasteiger partial charge in [-0.3, -0.25) is 0 Å². The number of carbonyl (C=O) groups is 1. The van der Waals surface area contributed by atoms with Crippen molar-refractivity contribution in [3.8, 4) is 0 Å². The van der Waals surface area contributed by atoms with E-state index in [1.807, 2.05) is 5.94 Å². The lowest BCUT2D eigenvalue weighted by molar-refractivity contribution is -0.108. The van der Waals surface area contributed by atoms with E-state index in [0.29, 0.717) is 18.3 Å². The highest BCUT2D eigenvalue weighted by molar-refractivity contribution is 5.51. The molecule has 0 heterocycles. The van der Waals surface area contributed by atoms with E-state index >= 15 is 0 Å². The van der Waals surface area contributed by atoms with E-state index in [2.05, 4.69) is 0 Å². The predicted octanol–water partition coefficient (Wildman–Crippen LogP) is 1.38. The van der Waals surface area contributed by atoms with Crippen molar-refractivity contribution in [2.75, 3.05) is 0 Å². The maximum Gasteiger partial charge on any atom is 0.120 e. The van der Waals surface area contributed by atoms with Crippen LogP contribution in [0.4, 0.5) is 0 Å². The number of rotatable bonds is 3. The second-order valence-corrected chi connectivity index (χ2v) is 3.04. The van der Waals surface area contributed by atoms with Crippen LogP contribution in [0.5, 0.6) is 0 Å². The smallest absolute Gasteiger partial charge is 0.120 e. The van der Waals surface area contributed by atoms with Crippen LogP contribution in [0.3, 0.4) is 0 Å². The highest BCUT2D eigenvalue weighted by Crippen LogP contribution is 2.33. The molecule has 2 nitrogen and oxygen atoms in total. The monoisotopic (exact) mass is 152 g/mol. The van der Waals surface area contributed by atoms with Gasteiger partial charge in [-0.25, -0.2) is 4.79 Å². The zero-order valence-corrected chi connectivity index (χ0v) is 6.45. The van der Waals surface area contributed by atoms with Gasteiger partial charge in [0.1, 0.15) is 12.2 Å². The SMILES string of the molecule is O=C=CC1CCCC1CC=O. The summed E-state index contributed by atoms with van der Waals surface area (Å²) in [5.41, 5.74) is 0. The molecule has 0 spiro atoms. The largest absolute Gasteiger partial charge is 0.303 e. The number of hydrogen-bond donors (Lipinski definition) is 0. The summed E-state index contributed by atoms with van der Waals surface area (Å²) < 4.78 is 0. The van der Waals surface area contributed by atoms with E-state index in [9.17, 15) is 9.59 Å². The van der Waals surface area contributed by atoms with Crippen molar-refractivity contribution in [1.29, 1.82) is 0 Å². The Morgan fingerprint density at radius 2 is 2.27 bits per heavy atom. The minimum Gasteiger partial charge on any atom is -0.303 e. The summed E-state index contributed by atoms with van der Waals surface area (Å²) in [6, 6.07) is 0. The van der Waals surface area contributed by atoms with Crippen molar-refractivity contribution >= 4 is 12.2 Å². The van der Waals surface area contributed by atoms with E-state index in [-0.39, 0.29) is 0 Å². The molecule has 0 amide bonds. The molecule has 11 heavy (non-hydrogen) atoms. The zero-order chi connectivity index (χ0) is 8.10. The van der Waals surface area contributed by atoms with E-state index in [1.54, 1.807) is 6.08 Å². The Labute approximate surface area is 66.3 Å². The summed E-state index contributed by atoms with van der Waals surface area (Å²) >= 11 is 0. The van der Waals surface area contributed by atoms with Gasteiger partial charge in [0.2, 0.25) is 0 Å². The highest BCUT2D eigenvalue weighted by Gasteiger charge is 2.24. The van der Waals surface area contributed by atoms with Gasteiger partial charge in [0.25, 0.3) is 0 Å². The summed E-state index contributed by atoms with van der Waals surface area (Å²) in [4.78, 5) is 20.2. The van der Waals surface area contributed by atoms with Crippen LogP contribution in [-0.4, -0.2) is 12.2 Å². The molecule has 1 aliphatic rings. The van der Waals surface area contributed by atoms with Gasteiger partial charge in [0.05, 0.1) is 0 Å². The van der Waals surface area contributed by atoms with Crippen LogP contribution < -0.4 is 0 Å².